The monoisotopic (exact) mass is 248 g/mol. The Morgan fingerprint density at radius 3 is 2.72 bits per heavy atom. The summed E-state index contributed by atoms with van der Waals surface area (Å²) in [6.07, 6.45) is 0. The van der Waals surface area contributed by atoms with Gasteiger partial charge in [-0.25, -0.2) is 9.78 Å². The molecule has 1 aromatic heterocycles. The maximum atomic E-state index is 11.5. The second-order valence-corrected chi connectivity index (χ2v) is 5.02. The number of hydrogen-bond donors (Lipinski definition) is 2. The minimum atomic E-state index is -0.0926. The van der Waals surface area contributed by atoms with Gasteiger partial charge in [-0.05, 0) is 6.92 Å². The lowest BCUT2D eigenvalue weighted by Crippen LogP contribution is -2.69. The van der Waals surface area contributed by atoms with Crippen LogP contribution in [0.3, 0.4) is 0 Å². The third-order valence-electron chi connectivity index (χ3n) is 3.74. The zero-order valence-corrected chi connectivity index (χ0v) is 10.5. The molecule has 18 heavy (non-hydrogen) atoms. The van der Waals surface area contributed by atoms with Crippen LogP contribution in [0.1, 0.15) is 5.69 Å². The van der Waals surface area contributed by atoms with Crippen molar-refractivity contribution in [1.29, 1.82) is 0 Å². The van der Waals surface area contributed by atoms with Gasteiger partial charge in [0.15, 0.2) is 0 Å². The van der Waals surface area contributed by atoms with Gasteiger partial charge < -0.3 is 20.9 Å². The number of nitrogen functional groups attached to an aromatic ring is 1. The highest BCUT2D eigenvalue weighted by Crippen LogP contribution is 2.33. The number of aryl methyl sites for hydroxylation is 1. The van der Waals surface area contributed by atoms with Gasteiger partial charge in [0, 0.05) is 38.4 Å². The molecule has 2 aliphatic rings. The van der Waals surface area contributed by atoms with Crippen LogP contribution in [0, 0.1) is 6.92 Å². The number of amides is 2. The number of hydrogen-bond acceptors (Lipinski definition) is 5. The normalized spacial score (nSPS) is 21.1. The van der Waals surface area contributed by atoms with E-state index in [1.807, 2.05) is 20.0 Å². The summed E-state index contributed by atoms with van der Waals surface area (Å²) >= 11 is 0. The Morgan fingerprint density at radius 2 is 2.17 bits per heavy atom. The minimum absolute atomic E-state index is 0.00645. The van der Waals surface area contributed by atoms with Gasteiger partial charge in [0.1, 0.15) is 5.82 Å². The quantitative estimate of drug-likeness (QED) is 0.705. The summed E-state index contributed by atoms with van der Waals surface area (Å²) in [7, 11) is 1.83. The number of nitrogens with two attached hydrogens (primary N) is 1. The van der Waals surface area contributed by atoms with E-state index in [9.17, 15) is 4.79 Å². The van der Waals surface area contributed by atoms with Crippen LogP contribution in [0.15, 0.2) is 6.07 Å². The van der Waals surface area contributed by atoms with Crippen molar-refractivity contribution >= 4 is 17.8 Å². The van der Waals surface area contributed by atoms with Crippen molar-refractivity contribution in [3.05, 3.63) is 11.8 Å². The van der Waals surface area contributed by atoms with Crippen molar-refractivity contribution in [1.82, 2.24) is 20.2 Å². The maximum Gasteiger partial charge on any atom is 0.317 e. The fraction of sp³-hybridized carbons (Fsp3) is 0.545. The molecule has 1 spiro atoms. The standard InChI is InChI=1S/C11H16N6O/c1-7-3-8(15-9(12)14-7)17-5-11(6-17)4-13-10(18)16(11)2/h3H,4-6H2,1-2H3,(H,13,18)(H2,12,14,15). The first-order valence-electron chi connectivity index (χ1n) is 5.88. The van der Waals surface area contributed by atoms with Crippen molar-refractivity contribution in [2.24, 2.45) is 0 Å². The molecule has 0 unspecified atom stereocenters. The van der Waals surface area contributed by atoms with E-state index in [1.54, 1.807) is 4.90 Å². The molecule has 2 aliphatic heterocycles. The van der Waals surface area contributed by atoms with E-state index in [0.717, 1.165) is 24.6 Å². The highest BCUT2D eigenvalue weighted by atomic mass is 16.2. The zero-order chi connectivity index (χ0) is 12.9. The molecular formula is C11H16N6O. The topological polar surface area (TPSA) is 87.4 Å². The molecular weight excluding hydrogens is 232 g/mol. The molecule has 0 radical (unpaired) electrons. The van der Waals surface area contributed by atoms with E-state index in [1.165, 1.54) is 0 Å². The first-order valence-corrected chi connectivity index (χ1v) is 5.88. The molecule has 2 fully saturated rings. The van der Waals surface area contributed by atoms with Crippen molar-refractivity contribution in [2.75, 3.05) is 37.3 Å². The summed E-state index contributed by atoms with van der Waals surface area (Å²) in [6.45, 7) is 4.14. The Balaban J connectivity index is 1.77. The van der Waals surface area contributed by atoms with E-state index in [0.29, 0.717) is 12.5 Å². The molecule has 0 atom stereocenters. The number of nitrogens with zero attached hydrogens (tertiary/aromatic N) is 4. The maximum absolute atomic E-state index is 11.5. The molecule has 0 saturated carbocycles. The van der Waals surface area contributed by atoms with Gasteiger partial charge in [0.25, 0.3) is 0 Å². The molecule has 96 valence electrons. The Kier molecular flexibility index (Phi) is 2.13. The fourth-order valence-electron chi connectivity index (χ4n) is 2.58. The van der Waals surface area contributed by atoms with E-state index < -0.39 is 0 Å². The number of carbonyl (C=O) groups is 1. The van der Waals surface area contributed by atoms with Gasteiger partial charge in [-0.1, -0.05) is 0 Å². The summed E-state index contributed by atoms with van der Waals surface area (Å²) in [5.41, 5.74) is 6.41. The smallest absolute Gasteiger partial charge is 0.317 e. The van der Waals surface area contributed by atoms with E-state index in [2.05, 4.69) is 20.2 Å². The summed E-state index contributed by atoms with van der Waals surface area (Å²) in [5, 5.41) is 2.86. The van der Waals surface area contributed by atoms with E-state index in [-0.39, 0.29) is 11.6 Å². The largest absolute Gasteiger partial charge is 0.368 e. The van der Waals surface area contributed by atoms with Gasteiger partial charge in [-0.3, -0.25) is 0 Å². The predicted octanol–water partition coefficient (Wildman–Crippen LogP) is -0.419. The van der Waals surface area contributed by atoms with Gasteiger partial charge in [0.2, 0.25) is 5.95 Å². The Hall–Kier alpha value is -2.05. The number of nitrogens with one attached hydrogen (secondary N) is 1. The van der Waals surface area contributed by atoms with Crippen molar-refractivity contribution < 1.29 is 4.79 Å². The highest BCUT2D eigenvalue weighted by molar-refractivity contribution is 5.78. The van der Waals surface area contributed by atoms with Crippen LogP contribution < -0.4 is 16.0 Å². The van der Waals surface area contributed by atoms with Gasteiger partial charge in [-0.15, -0.1) is 0 Å². The molecule has 3 rings (SSSR count). The molecule has 7 nitrogen and oxygen atoms in total. The summed E-state index contributed by atoms with van der Waals surface area (Å²) in [5.74, 6) is 1.12. The highest BCUT2D eigenvalue weighted by Gasteiger charge is 2.52. The Bertz CT molecular complexity index is 490. The predicted molar refractivity (Wildman–Crippen MR) is 67.3 cm³/mol. The first-order chi connectivity index (χ1) is 8.50. The fourth-order valence-corrected chi connectivity index (χ4v) is 2.58. The van der Waals surface area contributed by atoms with Crippen LogP contribution in [0.2, 0.25) is 0 Å². The minimum Gasteiger partial charge on any atom is -0.368 e. The summed E-state index contributed by atoms with van der Waals surface area (Å²) in [4.78, 5) is 23.7. The first kappa shape index (κ1) is 11.1. The van der Waals surface area contributed by atoms with Crippen molar-refractivity contribution in [3.8, 4) is 0 Å². The lowest BCUT2D eigenvalue weighted by molar-refractivity contribution is 0.151. The molecule has 1 aromatic rings. The molecule has 0 aromatic carbocycles. The van der Waals surface area contributed by atoms with Crippen LogP contribution in [-0.4, -0.2) is 53.1 Å². The molecule has 7 heteroatoms. The van der Waals surface area contributed by atoms with Crippen LogP contribution in [0.5, 0.6) is 0 Å². The second-order valence-electron chi connectivity index (χ2n) is 5.02. The number of urea groups is 1. The number of anilines is 2. The SMILES string of the molecule is Cc1cc(N2CC3(CNC(=O)N3C)C2)nc(N)n1. The van der Waals surface area contributed by atoms with Gasteiger partial charge in [0.05, 0.1) is 5.54 Å². The second kappa shape index (κ2) is 3.47. The molecule has 0 bridgehead atoms. The lowest BCUT2D eigenvalue weighted by Gasteiger charge is -2.51. The van der Waals surface area contributed by atoms with Crippen molar-refractivity contribution in [3.63, 3.8) is 0 Å². The third kappa shape index (κ3) is 1.47. The summed E-state index contributed by atoms with van der Waals surface area (Å²) < 4.78 is 0. The molecule has 2 saturated heterocycles. The van der Waals surface area contributed by atoms with Gasteiger partial charge >= 0.3 is 6.03 Å². The summed E-state index contributed by atoms with van der Waals surface area (Å²) in [6, 6.07) is 1.90. The molecule has 0 aliphatic carbocycles. The van der Waals surface area contributed by atoms with Crippen LogP contribution in [0.25, 0.3) is 0 Å². The number of aromatic nitrogens is 2. The molecule has 3 N–H and O–H groups in total. The number of likely N-dealkylation sites (N-methyl/N-ethyl adjacent to an activating group) is 1. The van der Waals surface area contributed by atoms with Crippen molar-refractivity contribution in [2.45, 2.75) is 12.5 Å². The van der Waals surface area contributed by atoms with Crippen LogP contribution in [0.4, 0.5) is 16.6 Å². The van der Waals surface area contributed by atoms with Crippen LogP contribution >= 0.6 is 0 Å². The average Bonchev–Trinajstić information content (AvgIpc) is 2.53. The van der Waals surface area contributed by atoms with E-state index in [4.69, 9.17) is 5.73 Å². The van der Waals surface area contributed by atoms with Gasteiger partial charge in [-0.2, -0.15) is 4.98 Å². The third-order valence-corrected chi connectivity index (χ3v) is 3.74. The molecule has 3 heterocycles. The number of rotatable bonds is 1. The molecule has 2 amide bonds. The zero-order valence-electron chi connectivity index (χ0n) is 10.5. The Labute approximate surface area is 105 Å². The van der Waals surface area contributed by atoms with E-state index >= 15 is 0 Å². The van der Waals surface area contributed by atoms with Crippen LogP contribution in [-0.2, 0) is 0 Å². The lowest BCUT2D eigenvalue weighted by atomic mass is 9.89. The number of carbonyl (C=O) groups excluding carboxylic acids is 1. The Morgan fingerprint density at radius 1 is 1.44 bits per heavy atom. The average molecular weight is 248 g/mol.